The summed E-state index contributed by atoms with van der Waals surface area (Å²) in [6.07, 6.45) is 0. The van der Waals surface area contributed by atoms with E-state index in [9.17, 15) is 0 Å². The molecule has 270 valence electrons. The van der Waals surface area contributed by atoms with Gasteiger partial charge >= 0.3 is 0 Å². The predicted octanol–water partition coefficient (Wildman–Crippen LogP) is 14.7. The van der Waals surface area contributed by atoms with Crippen molar-refractivity contribution in [3.63, 3.8) is 0 Å². The third-order valence-corrected chi connectivity index (χ3v) is 14.1. The zero-order chi connectivity index (χ0) is 37.9. The smallest absolute Gasteiger partial charge is 0.235 e. The van der Waals surface area contributed by atoms with E-state index in [1.165, 1.54) is 74.0 Å². The van der Waals surface area contributed by atoms with Crippen LogP contribution in [0, 0.1) is 0 Å². The number of nitrogens with zero attached hydrogens (tertiary/aromatic N) is 4. The molecule has 13 aromatic rings. The molecule has 0 spiro atoms. The summed E-state index contributed by atoms with van der Waals surface area (Å²) in [6, 6.07) is 65.7. The largest absolute Gasteiger partial charge is 0.309 e. The van der Waals surface area contributed by atoms with E-state index in [-0.39, 0.29) is 0 Å². The lowest BCUT2D eigenvalue weighted by molar-refractivity contribution is 1.02. The molecule has 0 aliphatic heterocycles. The number of thiophene rings is 2. The lowest BCUT2D eigenvalue weighted by Gasteiger charge is -2.10. The van der Waals surface area contributed by atoms with E-state index in [1.807, 2.05) is 11.3 Å². The number of fused-ring (bicyclic) bond motifs is 13. The van der Waals surface area contributed by atoms with E-state index >= 15 is 0 Å². The van der Waals surface area contributed by atoms with Gasteiger partial charge in [-0.3, -0.25) is 4.57 Å². The maximum absolute atomic E-state index is 5.55. The van der Waals surface area contributed by atoms with E-state index in [1.54, 1.807) is 11.3 Å². The summed E-state index contributed by atoms with van der Waals surface area (Å²) in [6.45, 7) is 0. The molecule has 0 aliphatic rings. The standard InChI is InChI=1S/C52H30N4S2/c1-3-13-31(14-4-1)48-51-49(47-46(58-51)28-25-38-37-19-9-12-22-45(37)57-50(38)47)54-52(53-48)56-42-21-11-8-18-36(42)40-30-33(24-27-44(40)56)32-23-26-43-39(29-32)35-17-7-10-20-41(35)55(43)34-15-5-2-6-16-34/h1-30H. The van der Waals surface area contributed by atoms with Crippen molar-refractivity contribution in [3.8, 4) is 34.0 Å². The monoisotopic (exact) mass is 774 g/mol. The van der Waals surface area contributed by atoms with Crippen LogP contribution in [0.5, 0.6) is 0 Å². The van der Waals surface area contributed by atoms with Gasteiger partial charge in [0.25, 0.3) is 0 Å². The number of aromatic nitrogens is 4. The first-order valence-corrected chi connectivity index (χ1v) is 21.1. The van der Waals surface area contributed by atoms with Gasteiger partial charge in [0.15, 0.2) is 0 Å². The fraction of sp³-hybridized carbons (Fsp3) is 0. The highest BCUT2D eigenvalue weighted by molar-refractivity contribution is 7.30. The highest BCUT2D eigenvalue weighted by atomic mass is 32.1. The Hall–Kier alpha value is -7.12. The molecule has 0 saturated carbocycles. The number of rotatable bonds is 4. The molecule has 0 bridgehead atoms. The molecule has 4 nitrogen and oxygen atoms in total. The van der Waals surface area contributed by atoms with E-state index in [4.69, 9.17) is 9.97 Å². The topological polar surface area (TPSA) is 35.6 Å². The molecular formula is C52H30N4S2. The van der Waals surface area contributed by atoms with Crippen molar-refractivity contribution in [3.05, 3.63) is 182 Å². The Labute approximate surface area is 340 Å². The van der Waals surface area contributed by atoms with Crippen LogP contribution in [-0.2, 0) is 0 Å². The summed E-state index contributed by atoms with van der Waals surface area (Å²) in [5.74, 6) is 0.679. The average Bonchev–Trinajstić information content (AvgIpc) is 4.04. The SMILES string of the molecule is c1ccc(-c2nc(-n3c4ccccc4c4cc(-c5ccc6c(c5)c5ccccc5n6-c5ccccc5)ccc43)nc3c2sc2ccc4c5ccccc5sc4c23)cc1. The van der Waals surface area contributed by atoms with Gasteiger partial charge in [0.2, 0.25) is 5.95 Å². The van der Waals surface area contributed by atoms with Crippen LogP contribution in [0.3, 0.4) is 0 Å². The molecule has 0 amide bonds. The predicted molar refractivity (Wildman–Crippen MR) is 247 cm³/mol. The van der Waals surface area contributed by atoms with Gasteiger partial charge in [-0.25, -0.2) is 9.97 Å². The van der Waals surface area contributed by atoms with Crippen LogP contribution in [0.15, 0.2) is 182 Å². The molecule has 8 aromatic carbocycles. The van der Waals surface area contributed by atoms with Crippen molar-refractivity contribution >= 4 is 107 Å². The third kappa shape index (κ3) is 4.55. The van der Waals surface area contributed by atoms with Gasteiger partial charge in [-0.15, -0.1) is 22.7 Å². The Kier molecular flexibility index (Phi) is 6.73. The lowest BCUT2D eigenvalue weighted by atomic mass is 10.0. The average molecular weight is 775 g/mol. The zero-order valence-electron chi connectivity index (χ0n) is 30.9. The van der Waals surface area contributed by atoms with E-state index in [0.29, 0.717) is 5.95 Å². The van der Waals surface area contributed by atoms with Crippen molar-refractivity contribution < 1.29 is 0 Å². The third-order valence-electron chi connectivity index (χ3n) is 11.8. The molecular weight excluding hydrogens is 745 g/mol. The van der Waals surface area contributed by atoms with Gasteiger partial charge in [-0.2, -0.15) is 0 Å². The number of benzene rings is 8. The highest BCUT2D eigenvalue weighted by Crippen LogP contribution is 2.46. The lowest BCUT2D eigenvalue weighted by Crippen LogP contribution is -2.02. The summed E-state index contributed by atoms with van der Waals surface area (Å²) in [5, 5.41) is 8.62. The molecule has 0 saturated heterocycles. The molecule has 0 N–H and O–H groups in total. The number of hydrogen-bond acceptors (Lipinski definition) is 4. The molecule has 0 radical (unpaired) electrons. The fourth-order valence-electron chi connectivity index (χ4n) is 9.16. The van der Waals surface area contributed by atoms with Crippen LogP contribution in [0.2, 0.25) is 0 Å². The van der Waals surface area contributed by atoms with Crippen molar-refractivity contribution in [2.75, 3.05) is 0 Å². The summed E-state index contributed by atoms with van der Waals surface area (Å²) >= 11 is 3.65. The molecule has 0 aliphatic carbocycles. The van der Waals surface area contributed by atoms with Crippen LogP contribution in [-0.4, -0.2) is 19.1 Å². The maximum atomic E-state index is 5.55. The van der Waals surface area contributed by atoms with Crippen LogP contribution in [0.4, 0.5) is 0 Å². The molecule has 0 unspecified atom stereocenters. The molecule has 6 heteroatoms. The first kappa shape index (κ1) is 32.0. The Morgan fingerprint density at radius 2 is 0.931 bits per heavy atom. The van der Waals surface area contributed by atoms with Gasteiger partial charge in [0.05, 0.1) is 38.0 Å². The van der Waals surface area contributed by atoms with Crippen LogP contribution < -0.4 is 0 Å². The summed E-state index contributed by atoms with van der Waals surface area (Å²) in [5.41, 5.74) is 11.1. The quantitative estimate of drug-likeness (QED) is 0.178. The van der Waals surface area contributed by atoms with E-state index < -0.39 is 0 Å². The number of hydrogen-bond donors (Lipinski definition) is 0. The Morgan fingerprint density at radius 3 is 1.66 bits per heavy atom. The van der Waals surface area contributed by atoms with Crippen molar-refractivity contribution in [2.24, 2.45) is 0 Å². The van der Waals surface area contributed by atoms with Crippen LogP contribution in [0.1, 0.15) is 0 Å². The summed E-state index contributed by atoms with van der Waals surface area (Å²) in [4.78, 5) is 11.0. The first-order valence-electron chi connectivity index (χ1n) is 19.5. The van der Waals surface area contributed by atoms with Gasteiger partial charge in [0.1, 0.15) is 0 Å². The molecule has 5 heterocycles. The van der Waals surface area contributed by atoms with Crippen LogP contribution in [0.25, 0.3) is 118 Å². The van der Waals surface area contributed by atoms with Crippen LogP contribution >= 0.6 is 22.7 Å². The Morgan fingerprint density at radius 1 is 0.362 bits per heavy atom. The maximum Gasteiger partial charge on any atom is 0.235 e. The Bertz CT molecular complexity index is 3800. The summed E-state index contributed by atoms with van der Waals surface area (Å²) in [7, 11) is 0. The minimum atomic E-state index is 0.679. The summed E-state index contributed by atoms with van der Waals surface area (Å²) < 4.78 is 9.56. The second-order valence-electron chi connectivity index (χ2n) is 14.9. The molecule has 5 aromatic heterocycles. The minimum Gasteiger partial charge on any atom is -0.309 e. The first-order chi connectivity index (χ1) is 28.8. The van der Waals surface area contributed by atoms with Gasteiger partial charge in [-0.05, 0) is 71.8 Å². The van der Waals surface area contributed by atoms with E-state index in [0.717, 1.165) is 38.2 Å². The fourth-order valence-corrected chi connectivity index (χ4v) is 11.6. The molecule has 0 atom stereocenters. The van der Waals surface area contributed by atoms with Crippen molar-refractivity contribution in [1.29, 1.82) is 0 Å². The second kappa shape index (κ2) is 12.2. The minimum absolute atomic E-state index is 0.679. The van der Waals surface area contributed by atoms with Crippen molar-refractivity contribution in [2.45, 2.75) is 0 Å². The second-order valence-corrected chi connectivity index (χ2v) is 17.0. The normalized spacial score (nSPS) is 12.1. The van der Waals surface area contributed by atoms with Gasteiger partial charge in [0, 0.05) is 63.1 Å². The highest BCUT2D eigenvalue weighted by Gasteiger charge is 2.22. The molecule has 13 rings (SSSR count). The molecule has 0 fully saturated rings. The van der Waals surface area contributed by atoms with Gasteiger partial charge < -0.3 is 4.57 Å². The number of para-hydroxylation sites is 3. The Balaban J connectivity index is 1.05. The zero-order valence-corrected chi connectivity index (χ0v) is 32.6. The van der Waals surface area contributed by atoms with E-state index in [2.05, 4.69) is 191 Å². The van der Waals surface area contributed by atoms with Gasteiger partial charge in [-0.1, -0.05) is 121 Å². The molecule has 58 heavy (non-hydrogen) atoms. The van der Waals surface area contributed by atoms with Crippen molar-refractivity contribution in [1.82, 2.24) is 19.1 Å².